The molecule has 0 saturated heterocycles. The maximum Gasteiger partial charge on any atom is 0.0582 e. The molecule has 1 spiro atoms. The molecule has 2 saturated carbocycles. The Morgan fingerprint density at radius 3 is 2.75 bits per heavy atom. The lowest BCUT2D eigenvalue weighted by Crippen LogP contribution is -2.35. The molecular formula is C15H24O. The van der Waals surface area contributed by atoms with Crippen LogP contribution in [0.2, 0.25) is 0 Å². The van der Waals surface area contributed by atoms with Gasteiger partial charge >= 0.3 is 0 Å². The van der Waals surface area contributed by atoms with Crippen molar-refractivity contribution < 1.29 is 5.11 Å². The predicted molar refractivity (Wildman–Crippen MR) is 66.0 cm³/mol. The van der Waals surface area contributed by atoms with Crippen LogP contribution in [-0.2, 0) is 0 Å². The highest BCUT2D eigenvalue weighted by molar-refractivity contribution is 5.26. The van der Waals surface area contributed by atoms with Gasteiger partial charge in [0.15, 0.2) is 0 Å². The minimum atomic E-state index is -0.0608. The smallest absolute Gasteiger partial charge is 0.0582 e. The maximum atomic E-state index is 10.4. The highest BCUT2D eigenvalue weighted by atomic mass is 16.3. The summed E-state index contributed by atoms with van der Waals surface area (Å²) in [5, 5.41) is 10.4. The van der Waals surface area contributed by atoms with Crippen LogP contribution in [0.15, 0.2) is 11.6 Å². The molecule has 0 heterocycles. The normalized spacial score (nSPS) is 53.7. The Balaban J connectivity index is 2.13. The van der Waals surface area contributed by atoms with Crippen molar-refractivity contribution in [2.45, 2.75) is 53.1 Å². The monoisotopic (exact) mass is 220 g/mol. The number of aliphatic hydroxyl groups excluding tert-OH is 1. The van der Waals surface area contributed by atoms with E-state index in [4.69, 9.17) is 0 Å². The molecule has 0 unspecified atom stereocenters. The Kier molecular flexibility index (Phi) is 1.98. The lowest BCUT2D eigenvalue weighted by atomic mass is 9.67. The zero-order valence-corrected chi connectivity index (χ0v) is 11.0. The molecule has 0 radical (unpaired) electrons. The van der Waals surface area contributed by atoms with Crippen molar-refractivity contribution in [1.82, 2.24) is 0 Å². The van der Waals surface area contributed by atoms with Gasteiger partial charge in [0.2, 0.25) is 0 Å². The fourth-order valence-electron chi connectivity index (χ4n) is 5.50. The second kappa shape index (κ2) is 2.93. The van der Waals surface area contributed by atoms with E-state index in [0.717, 1.165) is 6.42 Å². The number of aliphatic hydroxyl groups is 1. The fraction of sp³-hybridized carbons (Fsp3) is 0.867. The molecule has 3 rings (SSSR count). The van der Waals surface area contributed by atoms with Crippen LogP contribution in [0.3, 0.4) is 0 Å². The second-order valence-electron chi connectivity index (χ2n) is 7.15. The van der Waals surface area contributed by atoms with Crippen LogP contribution in [0.4, 0.5) is 0 Å². The van der Waals surface area contributed by atoms with Crippen molar-refractivity contribution >= 4 is 0 Å². The molecule has 90 valence electrons. The van der Waals surface area contributed by atoms with E-state index in [1.165, 1.54) is 12.8 Å². The van der Waals surface area contributed by atoms with Crippen LogP contribution >= 0.6 is 0 Å². The number of fused-ring (bicyclic) bond motifs is 1. The van der Waals surface area contributed by atoms with E-state index in [9.17, 15) is 5.11 Å². The van der Waals surface area contributed by atoms with Crippen LogP contribution in [-0.4, -0.2) is 11.2 Å². The molecule has 1 N–H and O–H groups in total. The highest BCUT2D eigenvalue weighted by Crippen LogP contribution is 2.71. The van der Waals surface area contributed by atoms with E-state index in [0.29, 0.717) is 28.6 Å². The molecule has 0 aromatic rings. The Morgan fingerprint density at radius 2 is 2.06 bits per heavy atom. The minimum absolute atomic E-state index is 0.0608. The maximum absolute atomic E-state index is 10.4. The average molecular weight is 220 g/mol. The molecule has 1 nitrogen and oxygen atoms in total. The number of allylic oxidation sites excluding steroid dienone is 2. The van der Waals surface area contributed by atoms with Gasteiger partial charge in [-0.1, -0.05) is 32.4 Å². The first-order valence-electron chi connectivity index (χ1n) is 6.74. The lowest BCUT2D eigenvalue weighted by Gasteiger charge is -2.37. The molecule has 5 atom stereocenters. The lowest BCUT2D eigenvalue weighted by molar-refractivity contribution is 0.0309. The molecule has 3 aliphatic carbocycles. The molecule has 3 aliphatic rings. The van der Waals surface area contributed by atoms with E-state index in [1.807, 2.05) is 0 Å². The zero-order valence-electron chi connectivity index (χ0n) is 11.0. The number of hydrogen-bond acceptors (Lipinski definition) is 1. The summed E-state index contributed by atoms with van der Waals surface area (Å²) < 4.78 is 0. The first-order valence-corrected chi connectivity index (χ1v) is 6.74. The van der Waals surface area contributed by atoms with Crippen molar-refractivity contribution in [3.8, 4) is 0 Å². The first-order chi connectivity index (χ1) is 7.39. The largest absolute Gasteiger partial charge is 0.393 e. The standard InChI is InChI=1S/C15H24O/c1-9-5-6-15-8-11(9)14(3,4)13(15)12(16)7-10(15)2/h5,10-13,16H,6-8H2,1-4H3/t10-,11+,12-,13+,15+/m1/s1. The molecule has 0 aromatic carbocycles. The average Bonchev–Trinajstić information content (AvgIpc) is 2.54. The molecule has 2 fully saturated rings. The van der Waals surface area contributed by atoms with Crippen LogP contribution < -0.4 is 0 Å². The Hall–Kier alpha value is -0.300. The van der Waals surface area contributed by atoms with Crippen molar-refractivity contribution in [3.63, 3.8) is 0 Å². The summed E-state index contributed by atoms with van der Waals surface area (Å²) in [6.07, 6.45) is 5.96. The third-order valence-corrected chi connectivity index (χ3v) is 6.22. The quantitative estimate of drug-likeness (QED) is 0.620. The molecule has 2 bridgehead atoms. The summed E-state index contributed by atoms with van der Waals surface area (Å²) in [5.41, 5.74) is 2.29. The number of hydrogen-bond donors (Lipinski definition) is 1. The Morgan fingerprint density at radius 1 is 1.38 bits per heavy atom. The van der Waals surface area contributed by atoms with Crippen LogP contribution in [0, 0.1) is 28.6 Å². The van der Waals surface area contributed by atoms with Gasteiger partial charge in [0.1, 0.15) is 0 Å². The van der Waals surface area contributed by atoms with Crippen LogP contribution in [0.25, 0.3) is 0 Å². The molecule has 0 aliphatic heterocycles. The summed E-state index contributed by atoms with van der Waals surface area (Å²) in [4.78, 5) is 0. The van der Waals surface area contributed by atoms with Gasteiger partial charge in [-0.15, -0.1) is 0 Å². The zero-order chi connectivity index (χ0) is 11.7. The van der Waals surface area contributed by atoms with Gasteiger partial charge in [0.05, 0.1) is 6.10 Å². The van der Waals surface area contributed by atoms with Gasteiger partial charge in [0.25, 0.3) is 0 Å². The first kappa shape index (κ1) is 10.8. The third kappa shape index (κ3) is 1.01. The van der Waals surface area contributed by atoms with E-state index in [1.54, 1.807) is 5.57 Å². The summed E-state index contributed by atoms with van der Waals surface area (Å²) in [7, 11) is 0. The van der Waals surface area contributed by atoms with Gasteiger partial charge < -0.3 is 5.11 Å². The molecule has 0 amide bonds. The van der Waals surface area contributed by atoms with Gasteiger partial charge in [-0.05, 0) is 54.8 Å². The molecular weight excluding hydrogens is 196 g/mol. The van der Waals surface area contributed by atoms with Crippen molar-refractivity contribution in [2.24, 2.45) is 28.6 Å². The minimum Gasteiger partial charge on any atom is -0.393 e. The summed E-state index contributed by atoms with van der Waals surface area (Å²) in [5.74, 6) is 1.93. The highest BCUT2D eigenvalue weighted by Gasteiger charge is 2.66. The Labute approximate surface area is 98.9 Å². The predicted octanol–water partition coefficient (Wildman–Crippen LogP) is 3.39. The van der Waals surface area contributed by atoms with Gasteiger partial charge in [0, 0.05) is 0 Å². The topological polar surface area (TPSA) is 20.2 Å². The Bertz CT molecular complexity index is 354. The van der Waals surface area contributed by atoms with Crippen LogP contribution in [0.5, 0.6) is 0 Å². The molecule has 16 heavy (non-hydrogen) atoms. The van der Waals surface area contributed by atoms with E-state index in [-0.39, 0.29) is 6.10 Å². The van der Waals surface area contributed by atoms with E-state index < -0.39 is 0 Å². The van der Waals surface area contributed by atoms with Gasteiger partial charge in [-0.2, -0.15) is 0 Å². The van der Waals surface area contributed by atoms with Crippen molar-refractivity contribution in [3.05, 3.63) is 11.6 Å². The van der Waals surface area contributed by atoms with Gasteiger partial charge in [-0.25, -0.2) is 0 Å². The SMILES string of the molecule is CC1=CC[C@@]23C[C@@H]1C(C)(C)[C@@H]2[C@H](O)C[C@H]3C. The molecule has 0 aromatic heterocycles. The van der Waals surface area contributed by atoms with Gasteiger partial charge in [-0.3, -0.25) is 0 Å². The third-order valence-electron chi connectivity index (χ3n) is 6.22. The second-order valence-corrected chi connectivity index (χ2v) is 7.15. The summed E-state index contributed by atoms with van der Waals surface area (Å²) in [6.45, 7) is 9.41. The summed E-state index contributed by atoms with van der Waals surface area (Å²) in [6, 6.07) is 0. The van der Waals surface area contributed by atoms with E-state index >= 15 is 0 Å². The number of rotatable bonds is 0. The van der Waals surface area contributed by atoms with Crippen molar-refractivity contribution in [1.29, 1.82) is 0 Å². The summed E-state index contributed by atoms with van der Waals surface area (Å²) >= 11 is 0. The fourth-order valence-corrected chi connectivity index (χ4v) is 5.50. The van der Waals surface area contributed by atoms with Crippen molar-refractivity contribution in [2.75, 3.05) is 0 Å². The van der Waals surface area contributed by atoms with Crippen LogP contribution in [0.1, 0.15) is 47.0 Å². The van der Waals surface area contributed by atoms with E-state index in [2.05, 4.69) is 33.8 Å². The molecule has 1 heteroatoms.